The average molecular weight is 344 g/mol. The van der Waals surface area contributed by atoms with Crippen LogP contribution in [0.3, 0.4) is 0 Å². The first kappa shape index (κ1) is 14.0. The third kappa shape index (κ3) is 2.93. The number of thioether (sulfide) groups is 1. The lowest BCUT2D eigenvalue weighted by atomic mass is 10.2. The highest BCUT2D eigenvalue weighted by Gasteiger charge is 2.25. The Kier molecular flexibility index (Phi) is 4.16. The van der Waals surface area contributed by atoms with Crippen LogP contribution in [0.1, 0.15) is 5.56 Å². The summed E-state index contributed by atoms with van der Waals surface area (Å²) < 4.78 is 11.1. The topological polar surface area (TPSA) is 64.6 Å². The number of methoxy groups -OCH3 is 2. The molecule has 1 saturated heterocycles. The van der Waals surface area contributed by atoms with Gasteiger partial charge >= 0.3 is 0 Å². The number of ether oxygens (including phenoxy) is 2. The monoisotopic (exact) mass is 343 g/mol. The summed E-state index contributed by atoms with van der Waals surface area (Å²) in [5.41, 5.74) is 0.727. The summed E-state index contributed by atoms with van der Waals surface area (Å²) >= 11 is 4.26. The molecule has 1 aromatic carbocycles. The van der Waals surface area contributed by atoms with Crippen molar-refractivity contribution in [3.05, 3.63) is 27.1 Å². The zero-order chi connectivity index (χ0) is 14.0. The number of nitrogens with one attached hydrogen (secondary N) is 1. The van der Waals surface area contributed by atoms with Crippen molar-refractivity contribution >= 4 is 44.9 Å². The van der Waals surface area contributed by atoms with Gasteiger partial charge in [-0.05, 0) is 35.5 Å². The first-order chi connectivity index (χ1) is 9.05. The van der Waals surface area contributed by atoms with Crippen LogP contribution in [0.2, 0.25) is 0 Å². The predicted octanol–water partition coefficient (Wildman–Crippen LogP) is 2.79. The van der Waals surface area contributed by atoms with Crippen molar-refractivity contribution in [1.82, 2.24) is 5.32 Å². The first-order valence-electron chi connectivity index (χ1n) is 5.21. The Morgan fingerprint density at radius 2 is 1.84 bits per heavy atom. The van der Waals surface area contributed by atoms with Gasteiger partial charge in [-0.2, -0.15) is 0 Å². The normalized spacial score (nSPS) is 16.7. The molecule has 5 nitrogen and oxygen atoms in total. The lowest BCUT2D eigenvalue weighted by Gasteiger charge is -2.10. The molecular formula is C12H10BrNO4S. The number of hydrogen-bond donors (Lipinski definition) is 1. The predicted molar refractivity (Wildman–Crippen MR) is 76.4 cm³/mol. The molecule has 1 aliphatic rings. The van der Waals surface area contributed by atoms with Gasteiger partial charge in [0.25, 0.3) is 11.1 Å². The number of hydrogen-bond acceptors (Lipinski definition) is 5. The SMILES string of the molecule is COc1cc(Br)c(/C=C2/SC(=O)NC2=O)cc1OC. The van der Waals surface area contributed by atoms with Crippen LogP contribution in [0, 0.1) is 0 Å². The smallest absolute Gasteiger partial charge is 0.290 e. The Morgan fingerprint density at radius 3 is 2.37 bits per heavy atom. The molecule has 0 unspecified atom stereocenters. The third-order valence-electron chi connectivity index (χ3n) is 2.43. The fourth-order valence-corrected chi connectivity index (χ4v) is 2.65. The van der Waals surface area contributed by atoms with E-state index in [1.165, 1.54) is 7.11 Å². The highest BCUT2D eigenvalue weighted by Crippen LogP contribution is 2.36. The standard InChI is InChI=1S/C12H10BrNO4S/c1-17-8-3-6(7(13)5-9(8)18-2)4-10-11(15)14-12(16)19-10/h3-5H,1-2H3,(H,14,15,16)/b10-4+. The molecule has 1 aliphatic heterocycles. The summed E-state index contributed by atoms with van der Waals surface area (Å²) in [7, 11) is 3.07. The maximum atomic E-state index is 11.5. The summed E-state index contributed by atoms with van der Waals surface area (Å²) in [6.45, 7) is 0. The van der Waals surface area contributed by atoms with Crippen LogP contribution in [0.5, 0.6) is 11.5 Å². The molecule has 100 valence electrons. The molecule has 7 heteroatoms. The molecule has 1 fully saturated rings. The summed E-state index contributed by atoms with van der Waals surface area (Å²) in [5, 5.41) is 1.84. The second kappa shape index (κ2) is 5.66. The Balaban J connectivity index is 2.43. The van der Waals surface area contributed by atoms with Gasteiger partial charge in [0, 0.05) is 4.47 Å². The van der Waals surface area contributed by atoms with Gasteiger partial charge in [-0.15, -0.1) is 0 Å². The van der Waals surface area contributed by atoms with Crippen molar-refractivity contribution in [3.8, 4) is 11.5 Å². The van der Waals surface area contributed by atoms with Gasteiger partial charge in [-0.3, -0.25) is 14.9 Å². The quantitative estimate of drug-likeness (QED) is 0.855. The van der Waals surface area contributed by atoms with Crippen LogP contribution in [0.25, 0.3) is 6.08 Å². The van der Waals surface area contributed by atoms with E-state index in [9.17, 15) is 9.59 Å². The van der Waals surface area contributed by atoms with E-state index in [2.05, 4.69) is 21.2 Å². The van der Waals surface area contributed by atoms with E-state index in [1.807, 2.05) is 0 Å². The zero-order valence-electron chi connectivity index (χ0n) is 10.2. The largest absolute Gasteiger partial charge is 0.493 e. The number of carbonyl (C=O) groups is 2. The van der Waals surface area contributed by atoms with Gasteiger partial charge in [0.2, 0.25) is 0 Å². The number of benzene rings is 1. The second-order valence-corrected chi connectivity index (χ2v) is 5.45. The van der Waals surface area contributed by atoms with Crippen LogP contribution in [0.15, 0.2) is 21.5 Å². The van der Waals surface area contributed by atoms with E-state index in [0.717, 1.165) is 21.8 Å². The number of imide groups is 1. The van der Waals surface area contributed by atoms with E-state index >= 15 is 0 Å². The minimum Gasteiger partial charge on any atom is -0.493 e. The molecule has 19 heavy (non-hydrogen) atoms. The van der Waals surface area contributed by atoms with Crippen molar-refractivity contribution in [3.63, 3.8) is 0 Å². The molecular weight excluding hydrogens is 334 g/mol. The molecule has 2 amide bonds. The summed E-state index contributed by atoms with van der Waals surface area (Å²) in [4.78, 5) is 22.9. The molecule has 0 aliphatic carbocycles. The highest BCUT2D eigenvalue weighted by atomic mass is 79.9. The van der Waals surface area contributed by atoms with Crippen LogP contribution in [-0.2, 0) is 4.79 Å². The van der Waals surface area contributed by atoms with Crippen molar-refractivity contribution in [2.45, 2.75) is 0 Å². The van der Waals surface area contributed by atoms with Crippen molar-refractivity contribution in [1.29, 1.82) is 0 Å². The molecule has 1 heterocycles. The number of carbonyl (C=O) groups excluding carboxylic acids is 2. The molecule has 0 saturated carbocycles. The van der Waals surface area contributed by atoms with E-state index in [4.69, 9.17) is 9.47 Å². The Bertz CT molecular complexity index is 585. The lowest BCUT2D eigenvalue weighted by Crippen LogP contribution is -2.17. The third-order valence-corrected chi connectivity index (χ3v) is 3.93. The Labute approximate surface area is 122 Å². The van der Waals surface area contributed by atoms with Gasteiger partial charge in [0.15, 0.2) is 11.5 Å². The minimum absolute atomic E-state index is 0.345. The van der Waals surface area contributed by atoms with Crippen LogP contribution < -0.4 is 14.8 Å². The average Bonchev–Trinajstić information content (AvgIpc) is 2.69. The molecule has 0 atom stereocenters. The van der Waals surface area contributed by atoms with Crippen molar-refractivity contribution < 1.29 is 19.1 Å². The molecule has 1 N–H and O–H groups in total. The molecule has 0 bridgehead atoms. The van der Waals surface area contributed by atoms with Gasteiger partial charge in [0.05, 0.1) is 19.1 Å². The van der Waals surface area contributed by atoms with Crippen molar-refractivity contribution in [2.75, 3.05) is 14.2 Å². The Morgan fingerprint density at radius 1 is 1.21 bits per heavy atom. The second-order valence-electron chi connectivity index (χ2n) is 3.58. The van der Waals surface area contributed by atoms with Crippen LogP contribution in [0.4, 0.5) is 4.79 Å². The summed E-state index contributed by atoms with van der Waals surface area (Å²) in [6.07, 6.45) is 1.62. The van der Waals surface area contributed by atoms with E-state index in [0.29, 0.717) is 16.4 Å². The number of amides is 2. The van der Waals surface area contributed by atoms with Gasteiger partial charge in [0.1, 0.15) is 0 Å². The molecule has 1 aromatic rings. The maximum absolute atomic E-state index is 11.5. The highest BCUT2D eigenvalue weighted by molar-refractivity contribution is 9.10. The number of rotatable bonds is 3. The fourth-order valence-electron chi connectivity index (χ4n) is 1.54. The fraction of sp³-hybridized carbons (Fsp3) is 0.167. The number of halogens is 1. The van der Waals surface area contributed by atoms with E-state index in [-0.39, 0.29) is 5.24 Å². The van der Waals surface area contributed by atoms with Crippen LogP contribution in [-0.4, -0.2) is 25.4 Å². The van der Waals surface area contributed by atoms with Gasteiger partial charge < -0.3 is 9.47 Å². The van der Waals surface area contributed by atoms with Gasteiger partial charge in [-0.25, -0.2) is 0 Å². The lowest BCUT2D eigenvalue weighted by molar-refractivity contribution is -0.115. The van der Waals surface area contributed by atoms with E-state index in [1.54, 1.807) is 25.3 Å². The van der Waals surface area contributed by atoms with Crippen molar-refractivity contribution in [2.24, 2.45) is 0 Å². The Hall–Kier alpha value is -1.47. The van der Waals surface area contributed by atoms with Gasteiger partial charge in [-0.1, -0.05) is 15.9 Å². The van der Waals surface area contributed by atoms with E-state index < -0.39 is 5.91 Å². The zero-order valence-corrected chi connectivity index (χ0v) is 12.6. The molecule has 0 radical (unpaired) electrons. The summed E-state index contributed by atoms with van der Waals surface area (Å²) in [5.74, 6) is 0.736. The van der Waals surface area contributed by atoms with Crippen LogP contribution >= 0.6 is 27.7 Å². The maximum Gasteiger partial charge on any atom is 0.290 e. The first-order valence-corrected chi connectivity index (χ1v) is 6.82. The summed E-state index contributed by atoms with van der Waals surface area (Å²) in [6, 6.07) is 3.47. The molecule has 0 aromatic heterocycles. The molecule has 0 spiro atoms. The molecule has 2 rings (SSSR count). The minimum atomic E-state index is -0.392.